The van der Waals surface area contributed by atoms with Gasteiger partial charge in [0.05, 0.1) is 11.7 Å². The molecule has 0 fully saturated rings. The fraction of sp³-hybridized carbons (Fsp3) is 0.357. The number of aromatic nitrogens is 2. The molecule has 2 aromatic rings. The number of anilines is 1. The molecule has 108 valence electrons. The van der Waals surface area contributed by atoms with Gasteiger partial charge in [-0.15, -0.1) is 0 Å². The van der Waals surface area contributed by atoms with Crippen LogP contribution in [0.15, 0.2) is 12.1 Å². The van der Waals surface area contributed by atoms with Gasteiger partial charge in [0, 0.05) is 30.4 Å². The second-order valence-corrected chi connectivity index (χ2v) is 4.82. The number of nitrogens with zero attached hydrogens (tertiary/aromatic N) is 2. The monoisotopic (exact) mass is 283 g/mol. The minimum Gasteiger partial charge on any atom is -0.374 e. The van der Waals surface area contributed by atoms with Crippen molar-refractivity contribution in [1.29, 1.82) is 0 Å². The second kappa shape index (κ2) is 5.19. The summed E-state index contributed by atoms with van der Waals surface area (Å²) in [5.41, 5.74) is 2.23. The van der Waals surface area contributed by atoms with E-state index >= 15 is 0 Å². The van der Waals surface area contributed by atoms with Crippen LogP contribution in [-0.2, 0) is 7.05 Å². The van der Waals surface area contributed by atoms with Crippen molar-refractivity contribution in [2.24, 2.45) is 7.05 Å². The Morgan fingerprint density at radius 2 is 1.70 bits per heavy atom. The third kappa shape index (κ3) is 2.50. The van der Waals surface area contributed by atoms with E-state index in [1.165, 1.54) is 0 Å². The van der Waals surface area contributed by atoms with Crippen LogP contribution in [0.4, 0.5) is 18.9 Å². The summed E-state index contributed by atoms with van der Waals surface area (Å²) in [6.07, 6.45) is 0. The zero-order chi connectivity index (χ0) is 15.0. The molecular weight excluding hydrogens is 267 g/mol. The van der Waals surface area contributed by atoms with E-state index in [-0.39, 0.29) is 11.7 Å². The second-order valence-electron chi connectivity index (χ2n) is 4.82. The average molecular weight is 283 g/mol. The fourth-order valence-corrected chi connectivity index (χ4v) is 2.39. The van der Waals surface area contributed by atoms with Gasteiger partial charge in [-0.25, -0.2) is 13.2 Å². The largest absolute Gasteiger partial charge is 0.374 e. The molecule has 0 aliphatic carbocycles. The highest BCUT2D eigenvalue weighted by atomic mass is 19.1. The van der Waals surface area contributed by atoms with Gasteiger partial charge in [0.25, 0.3) is 0 Å². The van der Waals surface area contributed by atoms with Crippen LogP contribution >= 0.6 is 0 Å². The Labute approximate surface area is 115 Å². The molecular formula is C14H16F3N3. The van der Waals surface area contributed by atoms with Crippen molar-refractivity contribution in [2.75, 3.05) is 5.32 Å². The van der Waals surface area contributed by atoms with Crippen LogP contribution in [0.2, 0.25) is 0 Å². The molecule has 1 aromatic carbocycles. The number of hydrogen-bond acceptors (Lipinski definition) is 2. The summed E-state index contributed by atoms with van der Waals surface area (Å²) in [5.74, 6) is -2.84. The van der Waals surface area contributed by atoms with Gasteiger partial charge >= 0.3 is 0 Å². The van der Waals surface area contributed by atoms with Crippen molar-refractivity contribution >= 4 is 5.69 Å². The van der Waals surface area contributed by atoms with Gasteiger partial charge in [-0.1, -0.05) is 0 Å². The number of nitrogens with one attached hydrogen (secondary N) is 1. The van der Waals surface area contributed by atoms with Gasteiger partial charge in [-0.3, -0.25) is 4.68 Å². The molecule has 1 aromatic heterocycles. The smallest absolute Gasteiger partial charge is 0.152 e. The van der Waals surface area contributed by atoms with E-state index in [2.05, 4.69) is 10.4 Å². The summed E-state index contributed by atoms with van der Waals surface area (Å²) in [6, 6.07) is 0.959. The zero-order valence-electron chi connectivity index (χ0n) is 11.8. The number of halogens is 3. The average Bonchev–Trinajstić information content (AvgIpc) is 2.58. The minimum absolute atomic E-state index is 0.332. The van der Waals surface area contributed by atoms with Crippen LogP contribution in [0.5, 0.6) is 0 Å². The minimum atomic E-state index is -0.950. The molecule has 0 aliphatic heterocycles. The van der Waals surface area contributed by atoms with Crippen molar-refractivity contribution in [1.82, 2.24) is 9.78 Å². The highest BCUT2D eigenvalue weighted by Gasteiger charge is 2.19. The quantitative estimate of drug-likeness (QED) is 0.932. The molecule has 3 nitrogen and oxygen atoms in total. The molecule has 0 amide bonds. The fourth-order valence-electron chi connectivity index (χ4n) is 2.39. The van der Waals surface area contributed by atoms with Crippen molar-refractivity contribution in [3.05, 3.63) is 46.5 Å². The lowest BCUT2D eigenvalue weighted by Crippen LogP contribution is -2.12. The maximum absolute atomic E-state index is 13.6. The topological polar surface area (TPSA) is 29.9 Å². The van der Waals surface area contributed by atoms with Crippen LogP contribution < -0.4 is 5.32 Å². The Hall–Kier alpha value is -1.98. The first kappa shape index (κ1) is 14.4. The van der Waals surface area contributed by atoms with Crippen LogP contribution in [0, 0.1) is 31.3 Å². The molecule has 0 radical (unpaired) electrons. The number of rotatable bonds is 3. The van der Waals surface area contributed by atoms with Gasteiger partial charge in [-0.2, -0.15) is 5.10 Å². The lowest BCUT2D eigenvalue weighted by Gasteiger charge is -2.17. The molecule has 0 saturated carbocycles. The summed E-state index contributed by atoms with van der Waals surface area (Å²) in [6.45, 7) is 5.49. The van der Waals surface area contributed by atoms with E-state index in [1.54, 1.807) is 18.7 Å². The predicted octanol–water partition coefficient (Wildman–Crippen LogP) is 3.63. The lowest BCUT2D eigenvalue weighted by molar-refractivity contribution is 0.545. The Balaban J connectivity index is 2.35. The summed E-state index contributed by atoms with van der Waals surface area (Å²) < 4.78 is 41.8. The molecule has 0 saturated heterocycles. The molecule has 1 N–H and O–H groups in total. The molecule has 1 heterocycles. The number of hydrogen-bond donors (Lipinski definition) is 1. The van der Waals surface area contributed by atoms with E-state index in [4.69, 9.17) is 0 Å². The maximum Gasteiger partial charge on any atom is 0.152 e. The van der Waals surface area contributed by atoms with Crippen molar-refractivity contribution in [3.8, 4) is 0 Å². The first-order chi connectivity index (χ1) is 9.31. The van der Waals surface area contributed by atoms with Gasteiger partial charge in [-0.05, 0) is 20.8 Å². The van der Waals surface area contributed by atoms with Gasteiger partial charge in [0.1, 0.15) is 11.5 Å². The Bertz CT molecular complexity index is 626. The molecule has 2 rings (SSSR count). The van der Waals surface area contributed by atoms with Crippen molar-refractivity contribution in [3.63, 3.8) is 0 Å². The molecule has 20 heavy (non-hydrogen) atoms. The first-order valence-corrected chi connectivity index (χ1v) is 6.22. The first-order valence-electron chi connectivity index (χ1n) is 6.22. The van der Waals surface area contributed by atoms with Gasteiger partial charge in [0.2, 0.25) is 0 Å². The predicted molar refractivity (Wildman–Crippen MR) is 71.0 cm³/mol. The third-order valence-corrected chi connectivity index (χ3v) is 3.37. The van der Waals surface area contributed by atoms with Crippen molar-refractivity contribution < 1.29 is 13.2 Å². The third-order valence-electron chi connectivity index (χ3n) is 3.37. The zero-order valence-corrected chi connectivity index (χ0v) is 11.8. The summed E-state index contributed by atoms with van der Waals surface area (Å²) in [5, 5.41) is 7.01. The molecule has 1 unspecified atom stereocenters. The molecule has 0 spiro atoms. The van der Waals surface area contributed by atoms with E-state index in [1.807, 2.05) is 13.8 Å². The van der Waals surface area contributed by atoms with Crippen LogP contribution in [0.25, 0.3) is 0 Å². The van der Waals surface area contributed by atoms with E-state index in [9.17, 15) is 13.2 Å². The summed E-state index contributed by atoms with van der Waals surface area (Å²) >= 11 is 0. The summed E-state index contributed by atoms with van der Waals surface area (Å²) in [7, 11) is 1.80. The normalized spacial score (nSPS) is 12.6. The number of benzene rings is 1. The van der Waals surface area contributed by atoms with Crippen molar-refractivity contribution in [2.45, 2.75) is 26.8 Å². The SMILES string of the molecule is Cc1nn(C)c(C)c1C(C)Nc1c(F)cc(F)cc1F. The van der Waals surface area contributed by atoms with E-state index < -0.39 is 17.5 Å². The summed E-state index contributed by atoms with van der Waals surface area (Å²) in [4.78, 5) is 0. The number of aryl methyl sites for hydroxylation is 2. The molecule has 0 aliphatic rings. The highest BCUT2D eigenvalue weighted by molar-refractivity contribution is 5.49. The van der Waals surface area contributed by atoms with Crippen LogP contribution in [0.3, 0.4) is 0 Å². The lowest BCUT2D eigenvalue weighted by atomic mass is 10.1. The maximum atomic E-state index is 13.6. The van der Waals surface area contributed by atoms with Gasteiger partial charge in [0.15, 0.2) is 11.6 Å². The molecule has 1 atom stereocenters. The van der Waals surface area contributed by atoms with E-state index in [0.29, 0.717) is 12.1 Å². The Morgan fingerprint density at radius 3 is 2.15 bits per heavy atom. The molecule has 0 bridgehead atoms. The van der Waals surface area contributed by atoms with Crippen LogP contribution in [0.1, 0.15) is 29.9 Å². The standard InChI is InChI=1S/C14H16F3N3/c1-7(13-8(2)19-20(4)9(13)3)18-14-11(16)5-10(15)6-12(14)17/h5-7,18H,1-4H3. The molecule has 6 heteroatoms. The Kier molecular flexibility index (Phi) is 3.74. The highest BCUT2D eigenvalue weighted by Crippen LogP contribution is 2.28. The van der Waals surface area contributed by atoms with Crippen LogP contribution in [-0.4, -0.2) is 9.78 Å². The van der Waals surface area contributed by atoms with Gasteiger partial charge < -0.3 is 5.32 Å². The van der Waals surface area contributed by atoms with E-state index in [0.717, 1.165) is 17.0 Å². The Morgan fingerprint density at radius 1 is 1.15 bits per heavy atom.